The summed E-state index contributed by atoms with van der Waals surface area (Å²) in [5.74, 6) is -1.50. The maximum atomic E-state index is 12.4. The molecule has 0 radical (unpaired) electrons. The third kappa shape index (κ3) is 3.02. The third-order valence-corrected chi connectivity index (χ3v) is 5.38. The topological polar surface area (TPSA) is 107 Å². The maximum absolute atomic E-state index is 12.4. The highest BCUT2D eigenvalue weighted by Crippen LogP contribution is 2.40. The normalized spacial score (nSPS) is 17.8. The summed E-state index contributed by atoms with van der Waals surface area (Å²) in [5.41, 5.74) is -1.68. The first-order chi connectivity index (χ1) is 9.70. The summed E-state index contributed by atoms with van der Waals surface area (Å²) in [6, 6.07) is 5.58. The molecule has 1 aliphatic rings. The van der Waals surface area contributed by atoms with Gasteiger partial charge in [0.1, 0.15) is 16.5 Å². The average molecular weight is 329 g/mol. The minimum atomic E-state index is -4.17. The highest BCUT2D eigenvalue weighted by atomic mass is 35.5. The van der Waals surface area contributed by atoms with Crippen molar-refractivity contribution in [2.24, 2.45) is 5.92 Å². The van der Waals surface area contributed by atoms with E-state index in [2.05, 4.69) is 4.72 Å². The van der Waals surface area contributed by atoms with Gasteiger partial charge >= 0.3 is 5.97 Å². The number of carboxylic acids is 1. The van der Waals surface area contributed by atoms with E-state index in [-0.39, 0.29) is 21.4 Å². The number of sulfonamides is 1. The van der Waals surface area contributed by atoms with Crippen molar-refractivity contribution in [2.75, 3.05) is 0 Å². The van der Waals surface area contributed by atoms with Crippen molar-refractivity contribution < 1.29 is 18.3 Å². The standard InChI is InChI=1S/C13H13ClN2O4S/c1-13(12(17)18,9-3-4-9)16-21(19,20)11-6-10(14)5-2-8(11)7-15/h2,5-6,9,16H,3-4H2,1H3,(H,17,18). The fourth-order valence-corrected chi connectivity index (χ4v) is 3.95. The highest BCUT2D eigenvalue weighted by molar-refractivity contribution is 7.89. The third-order valence-electron chi connectivity index (χ3n) is 3.54. The van der Waals surface area contributed by atoms with Gasteiger partial charge in [-0.3, -0.25) is 4.79 Å². The summed E-state index contributed by atoms with van der Waals surface area (Å²) < 4.78 is 27.1. The van der Waals surface area contributed by atoms with Gasteiger partial charge in [-0.1, -0.05) is 11.6 Å². The summed E-state index contributed by atoms with van der Waals surface area (Å²) in [4.78, 5) is 11.1. The van der Waals surface area contributed by atoms with Crippen LogP contribution in [0.4, 0.5) is 0 Å². The van der Waals surface area contributed by atoms with E-state index in [1.165, 1.54) is 19.1 Å². The van der Waals surface area contributed by atoms with Crippen LogP contribution in [-0.4, -0.2) is 25.0 Å². The molecule has 1 atom stereocenters. The Hall–Kier alpha value is -1.62. The van der Waals surface area contributed by atoms with Gasteiger partial charge in [0.15, 0.2) is 0 Å². The van der Waals surface area contributed by atoms with Gasteiger partial charge in [-0.25, -0.2) is 8.42 Å². The van der Waals surface area contributed by atoms with Crippen LogP contribution in [0.5, 0.6) is 0 Å². The van der Waals surface area contributed by atoms with Crippen LogP contribution in [-0.2, 0) is 14.8 Å². The summed E-state index contributed by atoms with van der Waals surface area (Å²) >= 11 is 5.77. The molecule has 0 aromatic heterocycles. The van der Waals surface area contributed by atoms with E-state index in [0.29, 0.717) is 12.8 Å². The average Bonchev–Trinajstić information content (AvgIpc) is 3.22. The van der Waals surface area contributed by atoms with E-state index in [0.717, 1.165) is 6.07 Å². The van der Waals surface area contributed by atoms with E-state index in [9.17, 15) is 18.3 Å². The summed E-state index contributed by atoms with van der Waals surface area (Å²) in [6.45, 7) is 1.33. The van der Waals surface area contributed by atoms with E-state index in [1.807, 2.05) is 0 Å². The second kappa shape index (κ2) is 5.30. The molecule has 8 heteroatoms. The fraction of sp³-hybridized carbons (Fsp3) is 0.385. The van der Waals surface area contributed by atoms with Gasteiger partial charge in [0.2, 0.25) is 10.0 Å². The minimum absolute atomic E-state index is 0.0876. The molecule has 0 heterocycles. The smallest absolute Gasteiger partial charge is 0.324 e. The van der Waals surface area contributed by atoms with E-state index in [4.69, 9.17) is 16.9 Å². The van der Waals surface area contributed by atoms with E-state index in [1.54, 1.807) is 6.07 Å². The van der Waals surface area contributed by atoms with Crippen molar-refractivity contribution in [2.45, 2.75) is 30.2 Å². The number of benzene rings is 1. The van der Waals surface area contributed by atoms with Crippen molar-refractivity contribution in [3.63, 3.8) is 0 Å². The van der Waals surface area contributed by atoms with E-state index < -0.39 is 21.5 Å². The predicted octanol–water partition coefficient (Wildman–Crippen LogP) is 1.74. The molecule has 0 amide bonds. The molecular weight excluding hydrogens is 316 g/mol. The van der Waals surface area contributed by atoms with Gasteiger partial charge in [-0.15, -0.1) is 0 Å². The molecule has 0 bridgehead atoms. The van der Waals surface area contributed by atoms with E-state index >= 15 is 0 Å². The van der Waals surface area contributed by atoms with Crippen molar-refractivity contribution in [1.29, 1.82) is 5.26 Å². The summed E-state index contributed by atoms with van der Waals surface area (Å²) in [7, 11) is -4.17. The van der Waals surface area contributed by atoms with Crippen LogP contribution in [0.15, 0.2) is 23.1 Å². The first kappa shape index (κ1) is 15.8. The molecule has 1 saturated carbocycles. The predicted molar refractivity (Wildman–Crippen MR) is 75.3 cm³/mol. The van der Waals surface area contributed by atoms with Crippen LogP contribution in [0.3, 0.4) is 0 Å². The van der Waals surface area contributed by atoms with Crippen LogP contribution in [0.1, 0.15) is 25.3 Å². The number of carboxylic acid groups (broad SMARTS) is 1. The van der Waals surface area contributed by atoms with Crippen LogP contribution in [0, 0.1) is 17.2 Å². The molecule has 1 aliphatic carbocycles. The number of hydrogen-bond acceptors (Lipinski definition) is 4. The van der Waals surface area contributed by atoms with Crippen molar-refractivity contribution in [3.8, 4) is 6.07 Å². The Bertz CT molecular complexity index is 737. The lowest BCUT2D eigenvalue weighted by molar-refractivity contribution is -0.144. The molecule has 21 heavy (non-hydrogen) atoms. The molecular formula is C13H13ClN2O4S. The van der Waals surface area contributed by atoms with Gasteiger partial charge < -0.3 is 5.11 Å². The molecule has 1 fully saturated rings. The second-order valence-electron chi connectivity index (χ2n) is 5.14. The quantitative estimate of drug-likeness (QED) is 0.856. The fourth-order valence-electron chi connectivity index (χ4n) is 2.11. The molecule has 1 aromatic rings. The number of nitrogens with zero attached hydrogens (tertiary/aromatic N) is 1. The Morgan fingerprint density at radius 2 is 2.14 bits per heavy atom. The second-order valence-corrected chi connectivity index (χ2v) is 7.23. The van der Waals surface area contributed by atoms with Crippen LogP contribution < -0.4 is 4.72 Å². The van der Waals surface area contributed by atoms with Crippen molar-refractivity contribution in [3.05, 3.63) is 28.8 Å². The molecule has 0 saturated heterocycles. The molecule has 0 spiro atoms. The Labute approximate surface area is 127 Å². The largest absolute Gasteiger partial charge is 0.480 e. The summed E-state index contributed by atoms with van der Waals surface area (Å²) in [6.07, 6.45) is 1.29. The van der Waals surface area contributed by atoms with Gasteiger partial charge in [0.25, 0.3) is 0 Å². The molecule has 2 rings (SSSR count). The first-order valence-corrected chi connectivity index (χ1v) is 8.04. The monoisotopic (exact) mass is 328 g/mol. The van der Waals surface area contributed by atoms with Crippen molar-refractivity contribution in [1.82, 2.24) is 4.72 Å². The Balaban J connectivity index is 2.46. The number of rotatable bonds is 5. The minimum Gasteiger partial charge on any atom is -0.480 e. The lowest BCUT2D eigenvalue weighted by Crippen LogP contribution is -2.53. The molecule has 0 aliphatic heterocycles. The summed E-state index contributed by atoms with van der Waals surface area (Å²) in [5, 5.41) is 18.5. The van der Waals surface area contributed by atoms with Gasteiger partial charge in [-0.2, -0.15) is 9.98 Å². The zero-order valence-electron chi connectivity index (χ0n) is 11.1. The Morgan fingerprint density at radius 3 is 2.62 bits per heavy atom. The Morgan fingerprint density at radius 1 is 1.52 bits per heavy atom. The number of carbonyl (C=O) groups is 1. The lowest BCUT2D eigenvalue weighted by Gasteiger charge is -2.26. The number of nitrogens with one attached hydrogen (secondary N) is 1. The van der Waals surface area contributed by atoms with Crippen LogP contribution >= 0.6 is 11.6 Å². The first-order valence-electron chi connectivity index (χ1n) is 6.18. The van der Waals surface area contributed by atoms with Crippen molar-refractivity contribution >= 4 is 27.6 Å². The van der Waals surface area contributed by atoms with Gasteiger partial charge in [0, 0.05) is 5.02 Å². The molecule has 6 nitrogen and oxygen atoms in total. The highest BCUT2D eigenvalue weighted by Gasteiger charge is 2.50. The van der Waals surface area contributed by atoms with Crippen LogP contribution in [0.25, 0.3) is 0 Å². The Kier molecular flexibility index (Phi) is 3.97. The maximum Gasteiger partial charge on any atom is 0.324 e. The van der Waals surface area contributed by atoms with Crippen LogP contribution in [0.2, 0.25) is 5.02 Å². The zero-order chi connectivity index (χ0) is 15.8. The molecule has 1 unspecified atom stereocenters. The number of hydrogen-bond donors (Lipinski definition) is 2. The SMILES string of the molecule is CC(NS(=O)(=O)c1cc(Cl)ccc1C#N)(C(=O)O)C1CC1. The lowest BCUT2D eigenvalue weighted by atomic mass is 9.98. The number of aliphatic carboxylic acids is 1. The number of nitriles is 1. The van der Waals surface area contributed by atoms with Gasteiger partial charge in [-0.05, 0) is 43.9 Å². The number of halogens is 1. The molecule has 2 N–H and O–H groups in total. The molecule has 112 valence electrons. The van der Waals surface area contributed by atoms with Gasteiger partial charge in [0.05, 0.1) is 5.56 Å². The zero-order valence-corrected chi connectivity index (χ0v) is 12.7. The molecule has 1 aromatic carbocycles.